The fraction of sp³-hybridized carbons (Fsp3) is 0.500. The van der Waals surface area contributed by atoms with Crippen molar-refractivity contribution in [3.63, 3.8) is 0 Å². The maximum Gasteiger partial charge on any atom is 0.167 e. The second-order valence-electron chi connectivity index (χ2n) is 4.40. The number of aliphatic hydroxyl groups excluding tert-OH is 1. The molecule has 2 aromatic rings. The van der Waals surface area contributed by atoms with Gasteiger partial charge >= 0.3 is 0 Å². The van der Waals surface area contributed by atoms with Crippen LogP contribution in [0, 0.1) is 0 Å². The molecule has 0 bridgehead atoms. The number of anilines is 1. The molecule has 8 nitrogen and oxygen atoms in total. The van der Waals surface area contributed by atoms with Gasteiger partial charge in [-0.3, -0.25) is 4.57 Å². The fourth-order valence-electron chi connectivity index (χ4n) is 2.43. The first-order chi connectivity index (χ1) is 8.79. The van der Waals surface area contributed by atoms with Crippen molar-refractivity contribution < 1.29 is 14.6 Å². The van der Waals surface area contributed by atoms with E-state index < -0.39 is 0 Å². The molecule has 0 radical (unpaired) electrons. The lowest BCUT2D eigenvalue weighted by Crippen LogP contribution is -2.22. The standard InChI is InChI=1S/C10H11N5O3/c11-8-5-9(13-2-12-8)15(3-14-5)10-7-6(18-7)4(1-16)17-10/h2-4,6-7,10,16H,1H2,(H2,11,12,13)/t4-,6-,7?,10-/m1/s1. The Morgan fingerprint density at radius 3 is 2.94 bits per heavy atom. The van der Waals surface area contributed by atoms with Crippen LogP contribution in [0.1, 0.15) is 6.23 Å². The molecular formula is C10H11N5O3. The Hall–Kier alpha value is -1.77. The summed E-state index contributed by atoms with van der Waals surface area (Å²) in [5.74, 6) is 0.337. The lowest BCUT2D eigenvalue weighted by Gasteiger charge is -2.17. The molecule has 2 saturated heterocycles. The summed E-state index contributed by atoms with van der Waals surface area (Å²) in [6.45, 7) is -0.0541. The Kier molecular flexibility index (Phi) is 1.91. The van der Waals surface area contributed by atoms with Gasteiger partial charge in [0.25, 0.3) is 0 Å². The van der Waals surface area contributed by atoms with Crippen molar-refractivity contribution in [3.05, 3.63) is 12.7 Å². The number of nitrogen functional groups attached to an aromatic ring is 1. The third-order valence-electron chi connectivity index (χ3n) is 3.36. The van der Waals surface area contributed by atoms with Gasteiger partial charge in [0.05, 0.1) is 12.9 Å². The van der Waals surface area contributed by atoms with E-state index in [1.165, 1.54) is 6.33 Å². The Bertz CT molecular complexity index is 615. The molecule has 0 aromatic carbocycles. The number of ether oxygens (including phenoxy) is 2. The molecule has 2 aliphatic heterocycles. The maximum absolute atomic E-state index is 9.16. The first kappa shape index (κ1) is 10.2. The average molecular weight is 249 g/mol. The minimum atomic E-state index is -0.313. The monoisotopic (exact) mass is 249 g/mol. The number of rotatable bonds is 2. The summed E-state index contributed by atoms with van der Waals surface area (Å²) in [4.78, 5) is 12.2. The van der Waals surface area contributed by atoms with E-state index in [0.29, 0.717) is 17.0 Å². The molecule has 0 saturated carbocycles. The summed E-state index contributed by atoms with van der Waals surface area (Å²) in [5.41, 5.74) is 6.89. The van der Waals surface area contributed by atoms with Gasteiger partial charge in [0, 0.05) is 0 Å². The highest BCUT2D eigenvalue weighted by Crippen LogP contribution is 2.45. The van der Waals surface area contributed by atoms with Crippen LogP contribution in [0.3, 0.4) is 0 Å². The number of aliphatic hydroxyl groups is 1. The van der Waals surface area contributed by atoms with Gasteiger partial charge in [0.2, 0.25) is 0 Å². The van der Waals surface area contributed by atoms with Gasteiger partial charge in [-0.1, -0.05) is 0 Å². The molecular weight excluding hydrogens is 238 g/mol. The Balaban J connectivity index is 1.78. The molecule has 94 valence electrons. The van der Waals surface area contributed by atoms with Gasteiger partial charge in [-0.2, -0.15) is 0 Å². The summed E-state index contributed by atoms with van der Waals surface area (Å²) in [5, 5.41) is 9.16. The molecule has 0 aliphatic carbocycles. The van der Waals surface area contributed by atoms with Crippen molar-refractivity contribution in [1.82, 2.24) is 19.5 Å². The minimum absolute atomic E-state index is 0.0309. The van der Waals surface area contributed by atoms with Gasteiger partial charge in [0.1, 0.15) is 30.2 Å². The van der Waals surface area contributed by atoms with Crippen molar-refractivity contribution in [2.24, 2.45) is 0 Å². The van der Waals surface area contributed by atoms with Crippen LogP contribution in [0.4, 0.5) is 5.82 Å². The molecule has 2 aliphatic rings. The van der Waals surface area contributed by atoms with E-state index in [1.807, 2.05) is 0 Å². The van der Waals surface area contributed by atoms with Gasteiger partial charge in [-0.15, -0.1) is 0 Å². The minimum Gasteiger partial charge on any atom is -0.394 e. The molecule has 0 amide bonds. The predicted molar refractivity (Wildman–Crippen MR) is 59.4 cm³/mol. The number of aromatic nitrogens is 4. The Labute approximate surface area is 101 Å². The number of nitrogens with two attached hydrogens (primary N) is 1. The van der Waals surface area contributed by atoms with Crippen molar-refractivity contribution in [2.75, 3.05) is 12.3 Å². The molecule has 2 aromatic heterocycles. The normalized spacial score (nSPS) is 33.8. The molecule has 4 heterocycles. The first-order valence-corrected chi connectivity index (χ1v) is 5.64. The van der Waals surface area contributed by atoms with Crippen LogP contribution >= 0.6 is 0 Å². The summed E-state index contributed by atoms with van der Waals surface area (Å²) in [6.07, 6.45) is 2.33. The van der Waals surface area contributed by atoms with E-state index in [-0.39, 0.29) is 31.1 Å². The van der Waals surface area contributed by atoms with Crippen molar-refractivity contribution in [3.8, 4) is 0 Å². The summed E-state index contributed by atoms with van der Waals surface area (Å²) >= 11 is 0. The fourth-order valence-corrected chi connectivity index (χ4v) is 2.43. The van der Waals surface area contributed by atoms with E-state index in [1.54, 1.807) is 10.9 Å². The summed E-state index contributed by atoms with van der Waals surface area (Å²) in [7, 11) is 0. The number of nitrogens with zero attached hydrogens (tertiary/aromatic N) is 4. The Morgan fingerprint density at radius 2 is 2.17 bits per heavy atom. The number of imidazole rings is 1. The number of hydrogen-bond acceptors (Lipinski definition) is 7. The molecule has 18 heavy (non-hydrogen) atoms. The molecule has 1 unspecified atom stereocenters. The molecule has 2 fully saturated rings. The van der Waals surface area contributed by atoms with Gasteiger partial charge in [-0.05, 0) is 0 Å². The third-order valence-corrected chi connectivity index (χ3v) is 3.36. The van der Waals surface area contributed by atoms with Crippen LogP contribution in [0.25, 0.3) is 11.2 Å². The van der Waals surface area contributed by atoms with Crippen molar-refractivity contribution in [2.45, 2.75) is 24.5 Å². The van der Waals surface area contributed by atoms with Crippen molar-refractivity contribution in [1.29, 1.82) is 0 Å². The lowest BCUT2D eigenvalue weighted by atomic mass is 10.2. The molecule has 4 atom stereocenters. The third kappa shape index (κ3) is 1.22. The second-order valence-corrected chi connectivity index (χ2v) is 4.40. The van der Waals surface area contributed by atoms with E-state index in [9.17, 15) is 0 Å². The number of fused-ring (bicyclic) bond motifs is 2. The molecule has 3 N–H and O–H groups in total. The van der Waals surface area contributed by atoms with Crippen LogP contribution < -0.4 is 5.73 Å². The van der Waals surface area contributed by atoms with Crippen LogP contribution in [0.15, 0.2) is 12.7 Å². The largest absolute Gasteiger partial charge is 0.394 e. The van der Waals surface area contributed by atoms with E-state index >= 15 is 0 Å². The van der Waals surface area contributed by atoms with Crippen LogP contribution in [0.2, 0.25) is 0 Å². The highest BCUT2D eigenvalue weighted by Gasteiger charge is 2.58. The predicted octanol–water partition coefficient (Wildman–Crippen LogP) is -0.934. The van der Waals surface area contributed by atoms with E-state index in [0.717, 1.165) is 0 Å². The smallest absolute Gasteiger partial charge is 0.167 e. The molecule has 8 heteroatoms. The number of hydrogen-bond donors (Lipinski definition) is 2. The second kappa shape index (κ2) is 3.37. The van der Waals surface area contributed by atoms with E-state index in [2.05, 4.69) is 15.0 Å². The van der Waals surface area contributed by atoms with E-state index in [4.69, 9.17) is 20.3 Å². The zero-order valence-corrected chi connectivity index (χ0v) is 9.30. The molecule has 4 rings (SSSR count). The lowest BCUT2D eigenvalue weighted by molar-refractivity contribution is -0.0823. The van der Waals surface area contributed by atoms with Crippen LogP contribution in [-0.2, 0) is 9.47 Å². The zero-order chi connectivity index (χ0) is 12.3. The quantitative estimate of drug-likeness (QED) is 0.661. The average Bonchev–Trinajstić information content (AvgIpc) is 2.91. The first-order valence-electron chi connectivity index (χ1n) is 5.64. The SMILES string of the molecule is Nc1ncnc2c1ncn2[C@@H]1O[C@H](CO)[C@H]2OC12. The zero-order valence-electron chi connectivity index (χ0n) is 9.30. The summed E-state index contributed by atoms with van der Waals surface area (Å²) < 4.78 is 12.9. The van der Waals surface area contributed by atoms with Gasteiger partial charge in [0.15, 0.2) is 17.7 Å². The molecule has 0 spiro atoms. The van der Waals surface area contributed by atoms with Gasteiger partial charge in [-0.25, -0.2) is 15.0 Å². The Morgan fingerprint density at radius 1 is 1.28 bits per heavy atom. The van der Waals surface area contributed by atoms with Crippen LogP contribution in [-0.4, -0.2) is 49.5 Å². The number of epoxide rings is 1. The topological polar surface area (TPSA) is 112 Å². The summed E-state index contributed by atoms with van der Waals surface area (Å²) in [6, 6.07) is 0. The maximum atomic E-state index is 9.16. The highest BCUT2D eigenvalue weighted by atomic mass is 16.7. The van der Waals surface area contributed by atoms with Crippen molar-refractivity contribution >= 4 is 17.0 Å². The van der Waals surface area contributed by atoms with Crippen LogP contribution in [0.5, 0.6) is 0 Å². The highest BCUT2D eigenvalue weighted by molar-refractivity contribution is 5.81. The van der Waals surface area contributed by atoms with Gasteiger partial charge < -0.3 is 20.3 Å².